The smallest absolute Gasteiger partial charge is 0.0410 e. The molecule has 1 saturated heterocycles. The molecule has 0 saturated carbocycles. The Balaban J connectivity index is 2.15. The molecule has 17 heavy (non-hydrogen) atoms. The van der Waals surface area contributed by atoms with Gasteiger partial charge in [0.2, 0.25) is 0 Å². The number of piperidine rings is 1. The van der Waals surface area contributed by atoms with Gasteiger partial charge in [-0.1, -0.05) is 13.8 Å². The average Bonchev–Trinajstić information content (AvgIpc) is 2.29. The summed E-state index contributed by atoms with van der Waals surface area (Å²) in [5, 5.41) is 3.52. The van der Waals surface area contributed by atoms with Crippen LogP contribution in [0.4, 0.5) is 0 Å². The molecule has 0 amide bonds. The molecule has 2 rings (SSSR count). The van der Waals surface area contributed by atoms with E-state index < -0.39 is 0 Å². The lowest BCUT2D eigenvalue weighted by Gasteiger charge is -2.33. The van der Waals surface area contributed by atoms with Crippen molar-refractivity contribution in [2.24, 2.45) is 11.8 Å². The lowest BCUT2D eigenvalue weighted by molar-refractivity contribution is 0.280. The van der Waals surface area contributed by atoms with E-state index in [0.717, 1.165) is 29.4 Å². The highest BCUT2D eigenvalue weighted by atomic mass is 79.9. The van der Waals surface area contributed by atoms with Gasteiger partial charge in [-0.2, -0.15) is 0 Å². The molecular formula is C14H21BrN2. The Morgan fingerprint density at radius 2 is 2.29 bits per heavy atom. The number of nitrogens with zero attached hydrogens (tertiary/aromatic N) is 1. The molecule has 0 spiro atoms. The predicted octanol–water partition coefficient (Wildman–Crippen LogP) is 3.58. The molecule has 94 valence electrons. The molecule has 0 aliphatic carbocycles. The van der Waals surface area contributed by atoms with Gasteiger partial charge in [-0.05, 0) is 71.2 Å². The summed E-state index contributed by atoms with van der Waals surface area (Å²) in [6.07, 6.45) is 6.43. The van der Waals surface area contributed by atoms with Crippen LogP contribution in [0.25, 0.3) is 0 Å². The molecule has 0 aromatic carbocycles. The van der Waals surface area contributed by atoms with Gasteiger partial charge >= 0.3 is 0 Å². The number of aromatic nitrogens is 1. The molecule has 1 aromatic rings. The summed E-state index contributed by atoms with van der Waals surface area (Å²) < 4.78 is 1.09. The Labute approximate surface area is 112 Å². The van der Waals surface area contributed by atoms with E-state index in [1.807, 2.05) is 12.4 Å². The molecule has 2 unspecified atom stereocenters. The van der Waals surface area contributed by atoms with E-state index in [1.165, 1.54) is 18.4 Å². The fraction of sp³-hybridized carbons (Fsp3) is 0.643. The highest BCUT2D eigenvalue weighted by molar-refractivity contribution is 9.10. The molecule has 2 atom stereocenters. The molecule has 1 aromatic heterocycles. The van der Waals surface area contributed by atoms with Crippen LogP contribution >= 0.6 is 15.9 Å². The largest absolute Gasteiger partial charge is 0.316 e. The maximum Gasteiger partial charge on any atom is 0.0410 e. The molecule has 0 bridgehead atoms. The Morgan fingerprint density at radius 3 is 3.00 bits per heavy atom. The predicted molar refractivity (Wildman–Crippen MR) is 75.1 cm³/mol. The van der Waals surface area contributed by atoms with E-state index in [0.29, 0.717) is 5.92 Å². The van der Waals surface area contributed by atoms with E-state index >= 15 is 0 Å². The summed E-state index contributed by atoms with van der Waals surface area (Å²) in [7, 11) is 0. The third-order valence-electron chi connectivity index (χ3n) is 3.54. The first-order chi connectivity index (χ1) is 8.16. The Kier molecular flexibility index (Phi) is 4.57. The van der Waals surface area contributed by atoms with Crippen LogP contribution in [0.3, 0.4) is 0 Å². The van der Waals surface area contributed by atoms with Crippen LogP contribution in [-0.4, -0.2) is 18.1 Å². The van der Waals surface area contributed by atoms with Crippen LogP contribution in [0.15, 0.2) is 22.9 Å². The van der Waals surface area contributed by atoms with Gasteiger partial charge < -0.3 is 5.32 Å². The Morgan fingerprint density at radius 1 is 1.47 bits per heavy atom. The van der Waals surface area contributed by atoms with Gasteiger partial charge in [-0.15, -0.1) is 0 Å². The summed E-state index contributed by atoms with van der Waals surface area (Å²) in [4.78, 5) is 4.31. The highest BCUT2D eigenvalue weighted by Crippen LogP contribution is 2.34. The van der Waals surface area contributed by atoms with Gasteiger partial charge in [0.15, 0.2) is 0 Å². The van der Waals surface area contributed by atoms with E-state index in [-0.39, 0.29) is 0 Å². The number of pyridine rings is 1. The molecule has 1 aliphatic rings. The molecule has 2 heterocycles. The third-order valence-corrected chi connectivity index (χ3v) is 3.97. The maximum atomic E-state index is 4.31. The zero-order valence-electron chi connectivity index (χ0n) is 10.6. The standard InChI is InChI=1S/C14H21BrN2/c1-10(2)5-11-7-16-4-3-14(11)12-6-13(15)9-17-8-12/h6,8-11,14,16H,3-5,7H2,1-2H3. The SMILES string of the molecule is CC(C)CC1CNCCC1c1cncc(Br)c1. The second-order valence-electron chi connectivity index (χ2n) is 5.43. The second-order valence-corrected chi connectivity index (χ2v) is 6.34. The molecule has 1 aliphatic heterocycles. The number of nitrogens with one attached hydrogen (secondary N) is 1. The van der Waals surface area contributed by atoms with Crippen molar-refractivity contribution in [2.45, 2.75) is 32.6 Å². The molecule has 2 nitrogen and oxygen atoms in total. The van der Waals surface area contributed by atoms with Crippen LogP contribution in [0.1, 0.15) is 38.2 Å². The zero-order valence-corrected chi connectivity index (χ0v) is 12.2. The fourth-order valence-corrected chi connectivity index (χ4v) is 3.23. The van der Waals surface area contributed by atoms with Crippen molar-refractivity contribution in [2.75, 3.05) is 13.1 Å². The van der Waals surface area contributed by atoms with E-state index in [9.17, 15) is 0 Å². The first-order valence-electron chi connectivity index (χ1n) is 6.48. The van der Waals surface area contributed by atoms with Crippen LogP contribution in [0, 0.1) is 11.8 Å². The van der Waals surface area contributed by atoms with E-state index in [4.69, 9.17) is 0 Å². The number of rotatable bonds is 3. The van der Waals surface area contributed by atoms with E-state index in [2.05, 4.69) is 46.1 Å². The quantitative estimate of drug-likeness (QED) is 0.922. The first-order valence-corrected chi connectivity index (χ1v) is 7.27. The van der Waals surface area contributed by atoms with Crippen molar-refractivity contribution in [3.63, 3.8) is 0 Å². The summed E-state index contributed by atoms with van der Waals surface area (Å²) >= 11 is 3.52. The monoisotopic (exact) mass is 296 g/mol. The van der Waals surface area contributed by atoms with Gasteiger partial charge in [0.1, 0.15) is 0 Å². The van der Waals surface area contributed by atoms with Crippen molar-refractivity contribution in [1.82, 2.24) is 10.3 Å². The maximum absolute atomic E-state index is 4.31. The van der Waals surface area contributed by atoms with Crippen LogP contribution < -0.4 is 5.32 Å². The van der Waals surface area contributed by atoms with Gasteiger partial charge in [0.05, 0.1) is 0 Å². The molecule has 0 radical (unpaired) electrons. The van der Waals surface area contributed by atoms with Crippen molar-refractivity contribution in [3.05, 3.63) is 28.5 Å². The molecular weight excluding hydrogens is 276 g/mol. The Bertz CT molecular complexity index is 365. The highest BCUT2D eigenvalue weighted by Gasteiger charge is 2.27. The van der Waals surface area contributed by atoms with Crippen LogP contribution in [0.5, 0.6) is 0 Å². The molecule has 1 fully saturated rings. The fourth-order valence-electron chi connectivity index (χ4n) is 2.85. The third kappa shape index (κ3) is 3.52. The van der Waals surface area contributed by atoms with Crippen molar-refractivity contribution >= 4 is 15.9 Å². The first kappa shape index (κ1) is 13.0. The minimum Gasteiger partial charge on any atom is -0.316 e. The van der Waals surface area contributed by atoms with Crippen molar-refractivity contribution in [1.29, 1.82) is 0 Å². The lowest BCUT2D eigenvalue weighted by atomic mass is 9.78. The lowest BCUT2D eigenvalue weighted by Crippen LogP contribution is -2.36. The number of hydrogen-bond acceptors (Lipinski definition) is 2. The van der Waals surface area contributed by atoms with Crippen molar-refractivity contribution < 1.29 is 0 Å². The van der Waals surface area contributed by atoms with Crippen LogP contribution in [0.2, 0.25) is 0 Å². The minimum absolute atomic E-state index is 0.670. The van der Waals surface area contributed by atoms with Crippen LogP contribution in [-0.2, 0) is 0 Å². The second kappa shape index (κ2) is 5.96. The minimum atomic E-state index is 0.670. The zero-order chi connectivity index (χ0) is 12.3. The Hall–Kier alpha value is -0.410. The average molecular weight is 297 g/mol. The summed E-state index contributed by atoms with van der Waals surface area (Å²) in [6.45, 7) is 6.90. The summed E-state index contributed by atoms with van der Waals surface area (Å²) in [5.41, 5.74) is 1.39. The molecule has 3 heteroatoms. The topological polar surface area (TPSA) is 24.9 Å². The van der Waals surface area contributed by atoms with Gasteiger partial charge in [0, 0.05) is 16.9 Å². The van der Waals surface area contributed by atoms with Gasteiger partial charge in [-0.25, -0.2) is 0 Å². The summed E-state index contributed by atoms with van der Waals surface area (Å²) in [6, 6.07) is 2.23. The van der Waals surface area contributed by atoms with Gasteiger partial charge in [0.25, 0.3) is 0 Å². The number of halogens is 1. The van der Waals surface area contributed by atoms with Gasteiger partial charge in [-0.3, -0.25) is 4.98 Å². The number of hydrogen-bond donors (Lipinski definition) is 1. The normalized spacial score (nSPS) is 25.2. The summed E-state index contributed by atoms with van der Waals surface area (Å²) in [5.74, 6) is 2.19. The van der Waals surface area contributed by atoms with Crippen molar-refractivity contribution in [3.8, 4) is 0 Å². The van der Waals surface area contributed by atoms with E-state index in [1.54, 1.807) is 0 Å². The molecule has 1 N–H and O–H groups in total.